The van der Waals surface area contributed by atoms with Crippen LogP contribution in [0.5, 0.6) is 17.2 Å². The maximum absolute atomic E-state index is 12.5. The van der Waals surface area contributed by atoms with Gasteiger partial charge in [0.15, 0.2) is 11.4 Å². The van der Waals surface area contributed by atoms with Crippen LogP contribution in [0.25, 0.3) is 10.2 Å². The molecule has 0 fully saturated rings. The Balaban J connectivity index is 1.78. The van der Waals surface area contributed by atoms with Crippen molar-refractivity contribution in [2.75, 3.05) is 33.5 Å². The van der Waals surface area contributed by atoms with E-state index in [9.17, 15) is 4.79 Å². The minimum absolute atomic E-state index is 0.142. The molecule has 2 aromatic carbocycles. The number of thiazole rings is 1. The van der Waals surface area contributed by atoms with Gasteiger partial charge in [0.1, 0.15) is 17.2 Å². The number of nitrogens with zero attached hydrogens (tertiary/aromatic N) is 2. The van der Waals surface area contributed by atoms with E-state index < -0.39 is 0 Å². The molecule has 0 aliphatic rings. The van der Waals surface area contributed by atoms with Crippen LogP contribution in [-0.2, 0) is 16.1 Å². The second-order valence-corrected chi connectivity index (χ2v) is 7.27. The molecule has 30 heavy (non-hydrogen) atoms. The number of hydrogen-bond donors (Lipinski definition) is 0. The van der Waals surface area contributed by atoms with Crippen LogP contribution in [0, 0.1) is 0 Å². The number of carbonyl (C=O) groups is 1. The Morgan fingerprint density at radius 1 is 1.00 bits per heavy atom. The minimum atomic E-state index is -0.354. The van der Waals surface area contributed by atoms with Gasteiger partial charge in [-0.25, -0.2) is 0 Å². The summed E-state index contributed by atoms with van der Waals surface area (Å²) in [5.74, 6) is 1.76. The molecule has 0 saturated heterocycles. The molecule has 0 unspecified atom stereocenters. The minimum Gasteiger partial charge on any atom is -0.497 e. The summed E-state index contributed by atoms with van der Waals surface area (Å²) < 4.78 is 24.8. The first-order valence-electron chi connectivity index (χ1n) is 9.83. The van der Waals surface area contributed by atoms with E-state index in [1.807, 2.05) is 48.7 Å². The lowest BCUT2D eigenvalue weighted by Crippen LogP contribution is -2.21. The Morgan fingerprint density at radius 2 is 1.70 bits per heavy atom. The molecule has 0 spiro atoms. The van der Waals surface area contributed by atoms with E-state index in [1.54, 1.807) is 19.2 Å². The topological polar surface area (TPSA) is 71.3 Å². The first-order chi connectivity index (χ1) is 14.6. The van der Waals surface area contributed by atoms with Crippen molar-refractivity contribution in [3.8, 4) is 17.2 Å². The number of rotatable bonds is 10. The van der Waals surface area contributed by atoms with Gasteiger partial charge in [0, 0.05) is 13.2 Å². The number of ether oxygens (including phenoxy) is 4. The van der Waals surface area contributed by atoms with Gasteiger partial charge in [-0.1, -0.05) is 11.3 Å². The van der Waals surface area contributed by atoms with E-state index in [0.29, 0.717) is 36.9 Å². The van der Waals surface area contributed by atoms with E-state index >= 15 is 0 Å². The predicted octanol–water partition coefficient (Wildman–Crippen LogP) is 3.65. The lowest BCUT2D eigenvalue weighted by atomic mass is 10.3. The number of hydrogen-bond acceptors (Lipinski definition) is 6. The lowest BCUT2D eigenvalue weighted by molar-refractivity contribution is -0.120. The number of fused-ring (bicyclic) bond motifs is 1. The Labute approximate surface area is 179 Å². The lowest BCUT2D eigenvalue weighted by Gasteiger charge is -2.07. The molecule has 1 amide bonds. The molecule has 160 valence electrons. The number of methoxy groups -OCH3 is 1. The summed E-state index contributed by atoms with van der Waals surface area (Å²) in [5, 5.41) is 0. The van der Waals surface area contributed by atoms with Crippen molar-refractivity contribution in [2.24, 2.45) is 4.99 Å². The molecule has 8 heteroatoms. The van der Waals surface area contributed by atoms with E-state index in [-0.39, 0.29) is 12.5 Å². The van der Waals surface area contributed by atoms with E-state index in [2.05, 4.69) is 4.99 Å². The summed E-state index contributed by atoms with van der Waals surface area (Å²) in [6, 6.07) is 13.0. The van der Waals surface area contributed by atoms with Crippen LogP contribution in [0.2, 0.25) is 0 Å². The second-order valence-electron chi connectivity index (χ2n) is 6.27. The highest BCUT2D eigenvalue weighted by Gasteiger charge is 2.10. The summed E-state index contributed by atoms with van der Waals surface area (Å²) in [7, 11) is 1.63. The van der Waals surface area contributed by atoms with Gasteiger partial charge in [-0.15, -0.1) is 0 Å². The summed E-state index contributed by atoms with van der Waals surface area (Å²) in [6.45, 7) is 6.12. The molecule has 0 saturated carbocycles. The third-order valence-corrected chi connectivity index (χ3v) is 5.31. The van der Waals surface area contributed by atoms with Gasteiger partial charge in [0.25, 0.3) is 5.91 Å². The Morgan fingerprint density at radius 3 is 2.37 bits per heavy atom. The molecule has 0 aliphatic heterocycles. The molecule has 0 bridgehead atoms. The number of amides is 1. The first kappa shape index (κ1) is 21.9. The predicted molar refractivity (Wildman–Crippen MR) is 117 cm³/mol. The Bertz CT molecular complexity index is 1040. The van der Waals surface area contributed by atoms with Gasteiger partial charge < -0.3 is 23.5 Å². The smallest absolute Gasteiger partial charge is 0.286 e. The maximum atomic E-state index is 12.5. The quantitative estimate of drug-likeness (QED) is 0.459. The standard InChI is InChI=1S/C22H26N2O5S/c1-4-27-13-12-24-19-11-10-18(26-3)14-20(19)30-22(24)23-21(25)15-29-17-8-6-16(7-9-17)28-5-2/h6-11,14H,4-5,12-13,15H2,1-3H3. The number of carbonyl (C=O) groups excluding carboxylic acids is 1. The van der Waals surface area contributed by atoms with E-state index in [1.165, 1.54) is 11.3 Å². The normalized spacial score (nSPS) is 11.6. The fourth-order valence-electron chi connectivity index (χ4n) is 2.86. The molecular weight excluding hydrogens is 404 g/mol. The zero-order valence-corrected chi connectivity index (χ0v) is 18.2. The van der Waals surface area contributed by atoms with Crippen molar-refractivity contribution in [3.63, 3.8) is 0 Å². The number of benzene rings is 2. The van der Waals surface area contributed by atoms with Gasteiger partial charge >= 0.3 is 0 Å². The van der Waals surface area contributed by atoms with Crippen molar-refractivity contribution in [2.45, 2.75) is 20.4 Å². The van der Waals surface area contributed by atoms with Gasteiger partial charge in [-0.05, 0) is 56.3 Å². The molecule has 0 aliphatic carbocycles. The highest BCUT2D eigenvalue weighted by molar-refractivity contribution is 7.16. The van der Waals surface area contributed by atoms with Crippen LogP contribution in [0.4, 0.5) is 0 Å². The highest BCUT2D eigenvalue weighted by Crippen LogP contribution is 2.23. The molecule has 1 heterocycles. The molecule has 1 aromatic heterocycles. The zero-order valence-electron chi connectivity index (χ0n) is 17.4. The fourth-order valence-corrected chi connectivity index (χ4v) is 3.97. The van der Waals surface area contributed by atoms with Gasteiger partial charge in [0.05, 0.1) is 30.5 Å². The van der Waals surface area contributed by atoms with Crippen LogP contribution in [0.15, 0.2) is 47.5 Å². The SMILES string of the molecule is CCOCCn1c(=NC(=O)COc2ccc(OCC)cc2)sc2cc(OC)ccc21. The van der Waals surface area contributed by atoms with Crippen LogP contribution in [0.1, 0.15) is 13.8 Å². The molecule has 0 atom stereocenters. The average molecular weight is 431 g/mol. The first-order valence-corrected chi connectivity index (χ1v) is 10.6. The average Bonchev–Trinajstić information content (AvgIpc) is 3.09. The van der Waals surface area contributed by atoms with Crippen molar-refractivity contribution >= 4 is 27.5 Å². The van der Waals surface area contributed by atoms with Crippen LogP contribution in [-0.4, -0.2) is 44.0 Å². The molecule has 7 nitrogen and oxygen atoms in total. The summed E-state index contributed by atoms with van der Waals surface area (Å²) in [5.41, 5.74) is 0.986. The highest BCUT2D eigenvalue weighted by atomic mass is 32.1. The Hall–Kier alpha value is -2.84. The number of aromatic nitrogens is 1. The van der Waals surface area contributed by atoms with E-state index in [4.69, 9.17) is 18.9 Å². The summed E-state index contributed by atoms with van der Waals surface area (Å²) in [6.07, 6.45) is 0. The van der Waals surface area contributed by atoms with Crippen molar-refractivity contribution in [1.29, 1.82) is 0 Å². The fraction of sp³-hybridized carbons (Fsp3) is 0.364. The van der Waals surface area contributed by atoms with Crippen molar-refractivity contribution in [3.05, 3.63) is 47.3 Å². The third kappa shape index (κ3) is 5.61. The van der Waals surface area contributed by atoms with Crippen molar-refractivity contribution < 1.29 is 23.7 Å². The largest absolute Gasteiger partial charge is 0.497 e. The Kier molecular flexibility index (Phi) is 7.87. The molecule has 0 N–H and O–H groups in total. The van der Waals surface area contributed by atoms with Crippen LogP contribution >= 0.6 is 11.3 Å². The van der Waals surface area contributed by atoms with Gasteiger partial charge in [0.2, 0.25) is 0 Å². The molecule has 3 rings (SSSR count). The summed E-state index contributed by atoms with van der Waals surface area (Å²) >= 11 is 1.44. The third-order valence-electron chi connectivity index (χ3n) is 4.27. The van der Waals surface area contributed by atoms with Gasteiger partial charge in [-0.2, -0.15) is 4.99 Å². The molecule has 0 radical (unpaired) electrons. The molecular formula is C22H26N2O5S. The van der Waals surface area contributed by atoms with E-state index in [0.717, 1.165) is 21.7 Å². The molecule has 3 aromatic rings. The van der Waals surface area contributed by atoms with Crippen molar-refractivity contribution in [1.82, 2.24) is 4.57 Å². The summed E-state index contributed by atoms with van der Waals surface area (Å²) in [4.78, 5) is 17.4. The zero-order chi connectivity index (χ0) is 21.3. The van der Waals surface area contributed by atoms with Crippen LogP contribution in [0.3, 0.4) is 0 Å². The van der Waals surface area contributed by atoms with Gasteiger partial charge in [-0.3, -0.25) is 4.79 Å². The monoisotopic (exact) mass is 430 g/mol. The van der Waals surface area contributed by atoms with Crippen LogP contribution < -0.4 is 19.0 Å². The second kappa shape index (κ2) is 10.8. The maximum Gasteiger partial charge on any atom is 0.286 e.